The van der Waals surface area contributed by atoms with Crippen LogP contribution in [0, 0.1) is 0 Å². The third kappa shape index (κ3) is 4.24. The molecule has 2 atom stereocenters. The Morgan fingerprint density at radius 1 is 1.54 bits per heavy atom. The first kappa shape index (κ1) is 19.2. The maximum Gasteiger partial charge on any atom is 0.417 e. The molecule has 11 heteroatoms. The molecule has 0 aromatic carbocycles. The van der Waals surface area contributed by atoms with Gasteiger partial charge in [-0.1, -0.05) is 23.4 Å². The van der Waals surface area contributed by atoms with Crippen molar-refractivity contribution in [1.29, 1.82) is 0 Å². The monoisotopic (exact) mass is 408 g/mol. The summed E-state index contributed by atoms with van der Waals surface area (Å²) in [4.78, 5) is 12.2. The summed E-state index contributed by atoms with van der Waals surface area (Å²) in [7, 11) is 0. The molecular formula is C15H16ClF3N4O2S. The van der Waals surface area contributed by atoms with Gasteiger partial charge in [0.15, 0.2) is 10.8 Å². The summed E-state index contributed by atoms with van der Waals surface area (Å²) in [5.41, 5.74) is -0.804. The standard InChI is InChI=1S/C15H16ClF3N4O2S/c1-8(13(24)20-6-10-3-2-4-25-10)26-14-22-21-12-11(16)5-9(7-23(12)14)15(17,18)19/h5,7-8,10H,2-4,6H2,1H3,(H,20,24)/t8-,10+/m0/s1. The third-order valence-corrected chi connectivity index (χ3v) is 5.27. The number of carbonyl (C=O) groups is 1. The molecule has 1 aliphatic heterocycles. The summed E-state index contributed by atoms with van der Waals surface area (Å²) >= 11 is 6.89. The molecule has 2 aromatic heterocycles. The second-order valence-corrected chi connectivity index (χ2v) is 7.61. The zero-order valence-electron chi connectivity index (χ0n) is 13.7. The maximum atomic E-state index is 13.0. The molecule has 0 bridgehead atoms. The summed E-state index contributed by atoms with van der Waals surface area (Å²) in [6, 6.07) is 0.803. The fourth-order valence-electron chi connectivity index (χ4n) is 2.54. The van der Waals surface area contributed by atoms with Gasteiger partial charge < -0.3 is 10.1 Å². The number of thioether (sulfide) groups is 1. The third-order valence-electron chi connectivity index (χ3n) is 3.94. The first-order chi connectivity index (χ1) is 12.3. The Morgan fingerprint density at radius 3 is 2.96 bits per heavy atom. The lowest BCUT2D eigenvalue weighted by molar-refractivity contribution is -0.137. The van der Waals surface area contributed by atoms with Crippen LogP contribution in [-0.2, 0) is 15.7 Å². The number of rotatable bonds is 5. The van der Waals surface area contributed by atoms with Crippen LogP contribution < -0.4 is 5.32 Å². The van der Waals surface area contributed by atoms with E-state index in [1.54, 1.807) is 6.92 Å². The minimum absolute atomic E-state index is 0.0122. The molecule has 26 heavy (non-hydrogen) atoms. The number of hydrogen-bond acceptors (Lipinski definition) is 5. The molecule has 0 unspecified atom stereocenters. The lowest BCUT2D eigenvalue weighted by Crippen LogP contribution is -2.36. The van der Waals surface area contributed by atoms with Gasteiger partial charge in [0, 0.05) is 19.3 Å². The Balaban J connectivity index is 1.73. The number of alkyl halides is 3. The van der Waals surface area contributed by atoms with E-state index in [1.807, 2.05) is 0 Å². The smallest absolute Gasteiger partial charge is 0.376 e. The van der Waals surface area contributed by atoms with Crippen LogP contribution in [0.25, 0.3) is 5.65 Å². The van der Waals surface area contributed by atoms with Gasteiger partial charge in [-0.2, -0.15) is 13.2 Å². The highest BCUT2D eigenvalue weighted by Crippen LogP contribution is 2.33. The van der Waals surface area contributed by atoms with E-state index in [-0.39, 0.29) is 27.8 Å². The van der Waals surface area contributed by atoms with E-state index in [0.717, 1.165) is 41.3 Å². The molecule has 1 saturated heterocycles. The Labute approximate surface area is 156 Å². The number of hydrogen-bond donors (Lipinski definition) is 1. The second-order valence-electron chi connectivity index (χ2n) is 5.89. The largest absolute Gasteiger partial charge is 0.417 e. The van der Waals surface area contributed by atoms with E-state index in [4.69, 9.17) is 16.3 Å². The van der Waals surface area contributed by atoms with Crippen LogP contribution in [0.5, 0.6) is 0 Å². The van der Waals surface area contributed by atoms with Crippen LogP contribution in [-0.4, -0.2) is 45.0 Å². The van der Waals surface area contributed by atoms with Crippen molar-refractivity contribution in [2.24, 2.45) is 0 Å². The van der Waals surface area contributed by atoms with E-state index < -0.39 is 17.0 Å². The first-order valence-electron chi connectivity index (χ1n) is 7.93. The number of carbonyl (C=O) groups excluding carboxylic acids is 1. The van der Waals surface area contributed by atoms with Gasteiger partial charge in [0.1, 0.15) is 0 Å². The predicted octanol–water partition coefficient (Wildman–Crippen LogP) is 3.18. The molecule has 3 rings (SSSR count). The van der Waals surface area contributed by atoms with Crippen LogP contribution in [0.3, 0.4) is 0 Å². The molecule has 1 amide bonds. The zero-order chi connectivity index (χ0) is 18.9. The molecule has 6 nitrogen and oxygen atoms in total. The Kier molecular flexibility index (Phi) is 5.64. The van der Waals surface area contributed by atoms with E-state index in [1.165, 1.54) is 0 Å². The van der Waals surface area contributed by atoms with Gasteiger partial charge in [-0.15, -0.1) is 10.2 Å². The van der Waals surface area contributed by atoms with Crippen molar-refractivity contribution >= 4 is 34.9 Å². The average Bonchev–Trinajstić information content (AvgIpc) is 3.22. The van der Waals surface area contributed by atoms with Gasteiger partial charge in [-0.05, 0) is 25.8 Å². The molecule has 0 saturated carbocycles. The SMILES string of the molecule is C[C@H](Sc1nnc2c(Cl)cc(C(F)(F)F)cn12)C(=O)NC[C@H]1CCCO1. The van der Waals surface area contributed by atoms with Crippen LogP contribution in [0.2, 0.25) is 5.02 Å². The van der Waals surface area contributed by atoms with E-state index in [0.29, 0.717) is 13.2 Å². The minimum Gasteiger partial charge on any atom is -0.376 e. The quantitative estimate of drug-likeness (QED) is 0.769. The molecule has 0 aliphatic carbocycles. The molecule has 1 aliphatic rings. The molecule has 2 aromatic rings. The van der Waals surface area contributed by atoms with Gasteiger partial charge in [0.2, 0.25) is 5.91 Å². The molecular weight excluding hydrogens is 393 g/mol. The lowest BCUT2D eigenvalue weighted by Gasteiger charge is -2.14. The summed E-state index contributed by atoms with van der Waals surface area (Å²) in [6.07, 6.45) is -1.79. The Morgan fingerprint density at radius 2 is 2.31 bits per heavy atom. The maximum absolute atomic E-state index is 13.0. The van der Waals surface area contributed by atoms with Gasteiger partial charge in [-0.25, -0.2) is 0 Å². The van der Waals surface area contributed by atoms with Crippen LogP contribution in [0.15, 0.2) is 17.4 Å². The number of halogens is 4. The highest BCUT2D eigenvalue weighted by molar-refractivity contribution is 8.00. The summed E-state index contributed by atoms with van der Waals surface area (Å²) in [6.45, 7) is 2.75. The number of amides is 1. The molecule has 0 spiro atoms. The van der Waals surface area contributed by atoms with Crippen molar-refractivity contribution in [2.75, 3.05) is 13.2 Å². The summed E-state index contributed by atoms with van der Waals surface area (Å²) < 4.78 is 45.5. The minimum atomic E-state index is -4.55. The van der Waals surface area contributed by atoms with Crippen LogP contribution in [0.4, 0.5) is 13.2 Å². The van der Waals surface area contributed by atoms with E-state index in [2.05, 4.69) is 15.5 Å². The topological polar surface area (TPSA) is 68.5 Å². The van der Waals surface area contributed by atoms with Crippen LogP contribution in [0.1, 0.15) is 25.3 Å². The Hall–Kier alpha value is -1.52. The number of ether oxygens (including phenoxy) is 1. The summed E-state index contributed by atoms with van der Waals surface area (Å²) in [5.74, 6) is -0.250. The number of nitrogens with zero attached hydrogens (tertiary/aromatic N) is 3. The number of fused-ring (bicyclic) bond motifs is 1. The molecule has 1 fully saturated rings. The van der Waals surface area contributed by atoms with E-state index in [9.17, 15) is 18.0 Å². The lowest BCUT2D eigenvalue weighted by atomic mass is 10.2. The molecule has 0 radical (unpaired) electrons. The zero-order valence-corrected chi connectivity index (χ0v) is 15.3. The van der Waals surface area contributed by atoms with Crippen molar-refractivity contribution in [3.63, 3.8) is 0 Å². The van der Waals surface area contributed by atoms with Crippen molar-refractivity contribution in [3.05, 3.63) is 22.8 Å². The molecule has 3 heterocycles. The van der Waals surface area contributed by atoms with Crippen molar-refractivity contribution < 1.29 is 22.7 Å². The van der Waals surface area contributed by atoms with Gasteiger partial charge in [-0.3, -0.25) is 9.20 Å². The number of pyridine rings is 1. The van der Waals surface area contributed by atoms with Crippen molar-refractivity contribution in [2.45, 2.75) is 42.5 Å². The summed E-state index contributed by atoms with van der Waals surface area (Å²) in [5, 5.41) is 9.88. The number of nitrogens with one attached hydrogen (secondary N) is 1. The van der Waals surface area contributed by atoms with Crippen molar-refractivity contribution in [1.82, 2.24) is 19.9 Å². The van der Waals surface area contributed by atoms with Gasteiger partial charge >= 0.3 is 6.18 Å². The number of aromatic nitrogens is 3. The average molecular weight is 409 g/mol. The van der Waals surface area contributed by atoms with Gasteiger partial charge in [0.05, 0.1) is 21.9 Å². The fraction of sp³-hybridized carbons (Fsp3) is 0.533. The highest BCUT2D eigenvalue weighted by atomic mass is 35.5. The fourth-order valence-corrected chi connectivity index (χ4v) is 3.64. The highest BCUT2D eigenvalue weighted by Gasteiger charge is 2.32. The van der Waals surface area contributed by atoms with Gasteiger partial charge in [0.25, 0.3) is 0 Å². The van der Waals surface area contributed by atoms with Crippen LogP contribution >= 0.6 is 23.4 Å². The second kappa shape index (κ2) is 7.61. The molecule has 142 valence electrons. The van der Waals surface area contributed by atoms with Crippen molar-refractivity contribution in [3.8, 4) is 0 Å². The predicted molar refractivity (Wildman–Crippen MR) is 90.3 cm³/mol. The Bertz CT molecular complexity index is 808. The normalized spacial score (nSPS) is 19.0. The molecule has 1 N–H and O–H groups in total. The first-order valence-corrected chi connectivity index (χ1v) is 9.19. The van der Waals surface area contributed by atoms with E-state index >= 15 is 0 Å².